The van der Waals surface area contributed by atoms with Crippen LogP contribution in [0.2, 0.25) is 0 Å². The van der Waals surface area contributed by atoms with Crippen molar-refractivity contribution in [3.8, 4) is 0 Å². The van der Waals surface area contributed by atoms with Gasteiger partial charge in [-0.3, -0.25) is 0 Å². The molecule has 2 N–H and O–H groups in total. The Morgan fingerprint density at radius 3 is 2.62 bits per heavy atom. The number of nitrogens with one attached hydrogen (secondary N) is 1. The number of hydrogen-bond acceptors (Lipinski definition) is 1. The van der Waals surface area contributed by atoms with Gasteiger partial charge >= 0.3 is 0 Å². The highest BCUT2D eigenvalue weighted by Gasteiger charge is 1.97. The maximum Gasteiger partial charge on any atom is 0.227 e. The molecule has 1 atom stereocenters. The highest BCUT2D eigenvalue weighted by molar-refractivity contribution is 8.61. The van der Waals surface area contributed by atoms with Crippen LogP contribution < -0.4 is 5.32 Å². The zero-order valence-corrected chi connectivity index (χ0v) is 9.27. The van der Waals surface area contributed by atoms with Crippen LogP contribution in [0.4, 0.5) is 5.69 Å². The van der Waals surface area contributed by atoms with Gasteiger partial charge in [0.1, 0.15) is 0 Å². The molecule has 1 rings (SSSR count). The van der Waals surface area contributed by atoms with E-state index < -0.39 is 5.62 Å². The summed E-state index contributed by atoms with van der Waals surface area (Å²) in [7, 11) is 0. The number of anilines is 1. The molecule has 0 amide bonds. The van der Waals surface area contributed by atoms with Gasteiger partial charge < -0.3 is 10.2 Å². The molecule has 0 aromatic heterocycles. The van der Waals surface area contributed by atoms with E-state index in [2.05, 4.69) is 34.1 Å². The molecule has 0 heterocycles. The average molecular weight is 232 g/mol. The predicted molar refractivity (Wildman–Crippen MR) is 64.0 cm³/mol. The normalized spacial score (nSPS) is 15.5. The van der Waals surface area contributed by atoms with Crippen molar-refractivity contribution in [2.75, 3.05) is 5.32 Å². The molecular formula is C7H9N2OPS2. The summed E-state index contributed by atoms with van der Waals surface area (Å²) in [6.07, 6.45) is 1.36. The van der Waals surface area contributed by atoms with E-state index in [0.29, 0.717) is 0 Å². The van der Waals surface area contributed by atoms with Crippen LogP contribution >= 0.6 is 17.9 Å². The third-order valence-corrected chi connectivity index (χ3v) is 2.22. The summed E-state index contributed by atoms with van der Waals surface area (Å²) in [4.78, 5) is 9.05. The van der Waals surface area contributed by atoms with E-state index >= 15 is 0 Å². The van der Waals surface area contributed by atoms with Gasteiger partial charge in [0.05, 0.1) is 6.34 Å². The fourth-order valence-electron chi connectivity index (χ4n) is 0.713. The molecular weight excluding hydrogens is 223 g/mol. The second-order valence-electron chi connectivity index (χ2n) is 2.27. The van der Waals surface area contributed by atoms with Crippen LogP contribution in [0, 0.1) is 0 Å². The molecule has 1 aromatic carbocycles. The lowest BCUT2D eigenvalue weighted by atomic mass is 10.3. The third-order valence-electron chi connectivity index (χ3n) is 1.21. The van der Waals surface area contributed by atoms with Crippen LogP contribution in [0.3, 0.4) is 0 Å². The molecule has 70 valence electrons. The van der Waals surface area contributed by atoms with Gasteiger partial charge in [0.15, 0.2) is 0 Å². The summed E-state index contributed by atoms with van der Waals surface area (Å²) in [5, 5.41) is 2.86. The fraction of sp³-hybridized carbons (Fsp3) is 0. The molecule has 0 aliphatic heterocycles. The van der Waals surface area contributed by atoms with E-state index in [-0.39, 0.29) is 0 Å². The van der Waals surface area contributed by atoms with E-state index in [4.69, 9.17) is 4.89 Å². The van der Waals surface area contributed by atoms with Gasteiger partial charge in [0, 0.05) is 5.69 Å². The molecule has 0 saturated heterocycles. The number of rotatable bonds is 3. The van der Waals surface area contributed by atoms with Gasteiger partial charge in [-0.25, -0.2) is 4.76 Å². The predicted octanol–water partition coefficient (Wildman–Crippen LogP) is 2.27. The van der Waals surface area contributed by atoms with E-state index in [1.165, 1.54) is 6.34 Å². The number of thiol groups is 1. The minimum absolute atomic E-state index is 0.892. The highest BCUT2D eigenvalue weighted by Crippen LogP contribution is 2.47. The molecule has 0 aliphatic carbocycles. The first kappa shape index (κ1) is 10.7. The summed E-state index contributed by atoms with van der Waals surface area (Å²) in [5.74, 6) is 0. The molecule has 0 saturated carbocycles. The first-order valence-corrected chi connectivity index (χ1v) is 7.35. The monoisotopic (exact) mass is 232 g/mol. The van der Waals surface area contributed by atoms with Gasteiger partial charge in [-0.1, -0.05) is 30.4 Å². The van der Waals surface area contributed by atoms with Gasteiger partial charge in [0.2, 0.25) is 5.62 Å². The van der Waals surface area contributed by atoms with Gasteiger partial charge in [0.25, 0.3) is 0 Å². The topological polar surface area (TPSA) is 44.6 Å². The summed E-state index contributed by atoms with van der Waals surface area (Å²) in [5.41, 5.74) is -1.88. The van der Waals surface area contributed by atoms with Crippen molar-refractivity contribution >= 4 is 41.7 Å². The molecule has 1 unspecified atom stereocenters. The van der Waals surface area contributed by atoms with E-state index in [1.54, 1.807) is 0 Å². The van der Waals surface area contributed by atoms with Crippen molar-refractivity contribution in [3.05, 3.63) is 30.3 Å². The van der Waals surface area contributed by atoms with Gasteiger partial charge in [-0.05, 0) is 23.9 Å². The SMILES string of the molecule is OP(=S)(S)N=CNc1ccccc1. The summed E-state index contributed by atoms with van der Waals surface area (Å²) in [6, 6.07) is 9.46. The second-order valence-corrected chi connectivity index (χ2v) is 7.54. The smallest absolute Gasteiger partial charge is 0.227 e. The van der Waals surface area contributed by atoms with Crippen LogP contribution in [0.25, 0.3) is 0 Å². The van der Waals surface area contributed by atoms with Crippen molar-refractivity contribution < 1.29 is 4.89 Å². The second kappa shape index (κ2) is 4.77. The van der Waals surface area contributed by atoms with Gasteiger partial charge in [-0.2, -0.15) is 0 Å². The summed E-state index contributed by atoms with van der Waals surface area (Å²) < 4.78 is 3.66. The van der Waals surface area contributed by atoms with Crippen molar-refractivity contribution in [1.82, 2.24) is 0 Å². The molecule has 0 bridgehead atoms. The number of benzene rings is 1. The minimum atomic E-state index is -2.77. The van der Waals surface area contributed by atoms with Crippen LogP contribution in [0.5, 0.6) is 0 Å². The largest absolute Gasteiger partial charge is 0.346 e. The molecule has 3 nitrogen and oxygen atoms in total. The molecule has 13 heavy (non-hydrogen) atoms. The minimum Gasteiger partial charge on any atom is -0.346 e. The Morgan fingerprint density at radius 1 is 1.46 bits per heavy atom. The summed E-state index contributed by atoms with van der Waals surface area (Å²) >= 11 is 8.34. The first-order chi connectivity index (χ1) is 6.08. The van der Waals surface area contributed by atoms with Crippen molar-refractivity contribution in [2.24, 2.45) is 4.76 Å². The average Bonchev–Trinajstić information content (AvgIpc) is 2.04. The van der Waals surface area contributed by atoms with Gasteiger partial charge in [-0.15, -0.1) is 0 Å². The fourth-order valence-corrected chi connectivity index (χ4v) is 1.22. The van der Waals surface area contributed by atoms with Crippen LogP contribution in [-0.2, 0) is 11.8 Å². The van der Waals surface area contributed by atoms with Crippen LogP contribution in [0.1, 0.15) is 0 Å². The molecule has 6 heteroatoms. The van der Waals surface area contributed by atoms with Crippen molar-refractivity contribution in [1.29, 1.82) is 0 Å². The Balaban J connectivity index is 2.54. The Morgan fingerprint density at radius 2 is 2.08 bits per heavy atom. The first-order valence-electron chi connectivity index (χ1n) is 3.49. The zero-order chi connectivity index (χ0) is 9.73. The zero-order valence-electron chi connectivity index (χ0n) is 6.66. The Labute approximate surface area is 87.2 Å². The van der Waals surface area contributed by atoms with Crippen molar-refractivity contribution in [3.63, 3.8) is 0 Å². The lowest BCUT2D eigenvalue weighted by molar-refractivity contribution is 0.641. The Bertz CT molecular complexity index is 336. The maximum absolute atomic E-state index is 9.05. The van der Waals surface area contributed by atoms with Crippen LogP contribution in [0.15, 0.2) is 35.1 Å². The third kappa shape index (κ3) is 5.05. The highest BCUT2D eigenvalue weighted by atomic mass is 32.9. The summed E-state index contributed by atoms with van der Waals surface area (Å²) in [6.45, 7) is 0. The molecule has 0 fully saturated rings. The quantitative estimate of drug-likeness (QED) is 0.324. The lowest BCUT2D eigenvalue weighted by Gasteiger charge is -2.00. The molecule has 0 spiro atoms. The molecule has 1 aromatic rings. The van der Waals surface area contributed by atoms with Crippen molar-refractivity contribution in [2.45, 2.75) is 0 Å². The Hall–Kier alpha value is -0.350. The van der Waals surface area contributed by atoms with E-state index in [9.17, 15) is 0 Å². The Kier molecular flexibility index (Phi) is 3.93. The van der Waals surface area contributed by atoms with E-state index in [0.717, 1.165) is 5.69 Å². The number of hydrogen-bond donors (Lipinski definition) is 3. The molecule has 0 radical (unpaired) electrons. The molecule has 0 aliphatic rings. The number of para-hydroxylation sites is 1. The number of nitrogens with zero attached hydrogens (tertiary/aromatic N) is 1. The lowest BCUT2D eigenvalue weighted by Crippen LogP contribution is -1.92. The van der Waals surface area contributed by atoms with E-state index in [1.807, 2.05) is 30.3 Å². The van der Waals surface area contributed by atoms with Crippen LogP contribution in [-0.4, -0.2) is 11.2 Å². The maximum atomic E-state index is 9.05. The standard InChI is InChI=1S/C7H9N2OPS2/c10-11(12,13)9-6-8-7-4-2-1-3-5-7/h1-6H,(H3,8,9,10,12,13).